The molecule has 0 spiro atoms. The number of nitrogens with one attached hydrogen (secondary N) is 1. The number of aryl methyl sites for hydroxylation is 1. The fraction of sp³-hybridized carbons (Fsp3) is 0.769. The number of thioether (sulfide) groups is 1. The maximum atomic E-state index is 4.40. The molecule has 3 rings (SSSR count). The van der Waals surface area contributed by atoms with Crippen LogP contribution in [0.25, 0.3) is 0 Å². The van der Waals surface area contributed by atoms with Crippen LogP contribution in [0, 0.1) is 0 Å². The average molecular weight is 251 g/mol. The lowest BCUT2D eigenvalue weighted by Crippen LogP contribution is -2.31. The van der Waals surface area contributed by atoms with E-state index >= 15 is 0 Å². The maximum absolute atomic E-state index is 4.40. The van der Waals surface area contributed by atoms with Crippen molar-refractivity contribution < 1.29 is 0 Å². The first kappa shape index (κ1) is 11.6. The van der Waals surface area contributed by atoms with E-state index < -0.39 is 0 Å². The molecule has 1 aromatic heterocycles. The van der Waals surface area contributed by atoms with Crippen LogP contribution in [0.5, 0.6) is 0 Å². The van der Waals surface area contributed by atoms with Crippen molar-refractivity contribution in [2.24, 2.45) is 7.05 Å². The number of nitrogens with zero attached hydrogens (tertiary/aromatic N) is 2. The van der Waals surface area contributed by atoms with E-state index in [0.29, 0.717) is 10.8 Å². The number of hydrogen-bond acceptors (Lipinski definition) is 3. The van der Waals surface area contributed by atoms with Crippen molar-refractivity contribution in [1.82, 2.24) is 15.1 Å². The number of aromatic nitrogens is 2. The van der Waals surface area contributed by atoms with E-state index in [2.05, 4.69) is 29.9 Å². The summed E-state index contributed by atoms with van der Waals surface area (Å²) in [4.78, 5) is 0. The summed E-state index contributed by atoms with van der Waals surface area (Å²) in [6, 6.07) is 0.539. The molecule has 0 aliphatic heterocycles. The molecule has 1 unspecified atom stereocenters. The Balaban J connectivity index is 1.68. The first-order chi connectivity index (χ1) is 8.24. The smallest absolute Gasteiger partial charge is 0.0540 e. The van der Waals surface area contributed by atoms with Gasteiger partial charge in [-0.2, -0.15) is 16.9 Å². The molecule has 1 saturated carbocycles. The van der Waals surface area contributed by atoms with Gasteiger partial charge >= 0.3 is 0 Å². The second-order valence-corrected chi connectivity index (χ2v) is 6.66. The zero-order valence-corrected chi connectivity index (χ0v) is 11.5. The molecule has 1 aromatic rings. The van der Waals surface area contributed by atoms with E-state index in [9.17, 15) is 0 Å². The zero-order chi connectivity index (χ0) is 11.9. The molecule has 1 fully saturated rings. The van der Waals surface area contributed by atoms with Gasteiger partial charge in [-0.25, -0.2) is 0 Å². The molecule has 0 amide bonds. The highest BCUT2D eigenvalue weighted by molar-refractivity contribution is 8.00. The van der Waals surface area contributed by atoms with Gasteiger partial charge in [0.15, 0.2) is 0 Å². The third-order valence-electron chi connectivity index (χ3n) is 4.29. The van der Waals surface area contributed by atoms with Gasteiger partial charge in [0.2, 0.25) is 0 Å². The van der Waals surface area contributed by atoms with Crippen molar-refractivity contribution in [3.8, 4) is 0 Å². The summed E-state index contributed by atoms with van der Waals surface area (Å²) in [5.74, 6) is 0. The standard InChI is InChI=1S/C13H21N3S/c1-16-12-5-3-4-11(10(12)8-15-16)14-9-13(17-2)6-7-13/h8,11,14H,3-7,9H2,1-2H3. The van der Waals surface area contributed by atoms with Gasteiger partial charge in [-0.05, 0) is 38.4 Å². The maximum Gasteiger partial charge on any atom is 0.0540 e. The Morgan fingerprint density at radius 3 is 3.12 bits per heavy atom. The van der Waals surface area contributed by atoms with Crippen molar-refractivity contribution in [1.29, 1.82) is 0 Å². The summed E-state index contributed by atoms with van der Waals surface area (Å²) in [5.41, 5.74) is 2.87. The van der Waals surface area contributed by atoms with Crippen LogP contribution in [0.3, 0.4) is 0 Å². The van der Waals surface area contributed by atoms with E-state index in [1.54, 1.807) is 0 Å². The summed E-state index contributed by atoms with van der Waals surface area (Å²) in [6.45, 7) is 1.16. The second-order valence-electron chi connectivity index (χ2n) is 5.38. The lowest BCUT2D eigenvalue weighted by Gasteiger charge is -2.25. The third-order valence-corrected chi connectivity index (χ3v) is 5.71. The van der Waals surface area contributed by atoms with E-state index in [4.69, 9.17) is 0 Å². The molecule has 2 aliphatic rings. The van der Waals surface area contributed by atoms with Crippen LogP contribution in [0.4, 0.5) is 0 Å². The van der Waals surface area contributed by atoms with Crippen LogP contribution < -0.4 is 5.32 Å². The Morgan fingerprint density at radius 2 is 2.41 bits per heavy atom. The minimum absolute atomic E-state index is 0.539. The highest BCUT2D eigenvalue weighted by Crippen LogP contribution is 2.47. The fourth-order valence-corrected chi connectivity index (χ4v) is 3.56. The van der Waals surface area contributed by atoms with Crippen molar-refractivity contribution >= 4 is 11.8 Å². The molecule has 0 aromatic carbocycles. The normalized spacial score (nSPS) is 25.6. The van der Waals surface area contributed by atoms with Crippen molar-refractivity contribution in [2.45, 2.75) is 42.9 Å². The third kappa shape index (κ3) is 2.13. The highest BCUT2D eigenvalue weighted by atomic mass is 32.2. The predicted molar refractivity (Wildman–Crippen MR) is 72.4 cm³/mol. The van der Waals surface area contributed by atoms with E-state index in [1.165, 1.54) is 43.4 Å². The summed E-state index contributed by atoms with van der Waals surface area (Å²) in [5, 5.41) is 8.17. The van der Waals surface area contributed by atoms with E-state index in [-0.39, 0.29) is 0 Å². The summed E-state index contributed by atoms with van der Waals surface area (Å²) >= 11 is 2.03. The largest absolute Gasteiger partial charge is 0.308 e. The van der Waals surface area contributed by atoms with Crippen LogP contribution in [0.1, 0.15) is 43.0 Å². The minimum atomic E-state index is 0.539. The average Bonchev–Trinajstić information content (AvgIpc) is 3.05. The lowest BCUT2D eigenvalue weighted by atomic mass is 9.93. The molecule has 17 heavy (non-hydrogen) atoms. The highest BCUT2D eigenvalue weighted by Gasteiger charge is 2.42. The van der Waals surface area contributed by atoms with Gasteiger partial charge in [0.05, 0.1) is 6.20 Å². The van der Waals surface area contributed by atoms with Crippen LogP contribution >= 0.6 is 11.8 Å². The Morgan fingerprint density at radius 1 is 1.59 bits per heavy atom. The first-order valence-electron chi connectivity index (χ1n) is 6.53. The van der Waals surface area contributed by atoms with Crippen molar-refractivity contribution in [2.75, 3.05) is 12.8 Å². The number of fused-ring (bicyclic) bond motifs is 1. The minimum Gasteiger partial charge on any atom is -0.308 e. The summed E-state index contributed by atoms with van der Waals surface area (Å²) in [6.07, 6.45) is 10.8. The van der Waals surface area contributed by atoms with Gasteiger partial charge in [0.25, 0.3) is 0 Å². The molecule has 0 radical (unpaired) electrons. The topological polar surface area (TPSA) is 29.9 Å². The molecule has 0 saturated heterocycles. The Labute approximate surface area is 107 Å². The van der Waals surface area contributed by atoms with Gasteiger partial charge in [-0.1, -0.05) is 0 Å². The molecule has 1 heterocycles. The fourth-order valence-electron chi connectivity index (χ4n) is 2.82. The quantitative estimate of drug-likeness (QED) is 0.890. The van der Waals surface area contributed by atoms with Gasteiger partial charge < -0.3 is 5.32 Å². The van der Waals surface area contributed by atoms with Gasteiger partial charge in [-0.15, -0.1) is 0 Å². The molecule has 2 aliphatic carbocycles. The zero-order valence-electron chi connectivity index (χ0n) is 10.7. The van der Waals surface area contributed by atoms with Gasteiger partial charge in [0.1, 0.15) is 0 Å². The molecule has 3 nitrogen and oxygen atoms in total. The molecule has 94 valence electrons. The van der Waals surface area contributed by atoms with Gasteiger partial charge in [0, 0.05) is 35.6 Å². The molecule has 0 bridgehead atoms. The number of rotatable bonds is 4. The van der Waals surface area contributed by atoms with Crippen LogP contribution in [0.15, 0.2) is 6.20 Å². The Bertz CT molecular complexity index is 409. The molecular formula is C13H21N3S. The molecule has 4 heteroatoms. The van der Waals surface area contributed by atoms with Crippen LogP contribution in [-0.2, 0) is 13.5 Å². The Hall–Kier alpha value is -0.480. The number of hydrogen-bond donors (Lipinski definition) is 1. The van der Waals surface area contributed by atoms with Crippen molar-refractivity contribution in [3.05, 3.63) is 17.5 Å². The SMILES string of the molecule is CSC1(CNC2CCCc3c2cnn3C)CC1. The molecule has 1 N–H and O–H groups in total. The van der Waals surface area contributed by atoms with Crippen molar-refractivity contribution in [3.63, 3.8) is 0 Å². The lowest BCUT2D eigenvalue weighted by molar-refractivity contribution is 0.450. The van der Waals surface area contributed by atoms with E-state index in [0.717, 1.165) is 6.54 Å². The molecular weight excluding hydrogens is 230 g/mol. The first-order valence-corrected chi connectivity index (χ1v) is 7.76. The van der Waals surface area contributed by atoms with Crippen LogP contribution in [-0.4, -0.2) is 27.3 Å². The van der Waals surface area contributed by atoms with Gasteiger partial charge in [-0.3, -0.25) is 4.68 Å². The summed E-state index contributed by atoms with van der Waals surface area (Å²) < 4.78 is 2.60. The monoisotopic (exact) mass is 251 g/mol. The van der Waals surface area contributed by atoms with E-state index in [1.807, 2.05) is 16.4 Å². The summed E-state index contributed by atoms with van der Waals surface area (Å²) in [7, 11) is 2.06. The Kier molecular flexibility index (Phi) is 2.95. The molecule has 1 atom stereocenters. The van der Waals surface area contributed by atoms with Crippen LogP contribution in [0.2, 0.25) is 0 Å². The second kappa shape index (κ2) is 4.32. The predicted octanol–water partition coefficient (Wildman–Crippen LogP) is 2.28.